The summed E-state index contributed by atoms with van der Waals surface area (Å²) in [6, 6.07) is 49.6. The Morgan fingerprint density at radius 3 is 1.54 bits per heavy atom. The van der Waals surface area contributed by atoms with Gasteiger partial charge in [-0.2, -0.15) is 0 Å². The van der Waals surface area contributed by atoms with Gasteiger partial charge in [0, 0.05) is 11.3 Å². The molecule has 2 N–H and O–H groups in total. The van der Waals surface area contributed by atoms with Crippen LogP contribution in [0.3, 0.4) is 0 Å². The number of hydrogen-bond acceptors (Lipinski definition) is 7. The van der Waals surface area contributed by atoms with Crippen LogP contribution < -0.4 is 45.6 Å². The first-order chi connectivity index (χ1) is 25.6. The minimum Gasteiger partial charge on any atom is -1.00 e. The van der Waals surface area contributed by atoms with Crippen molar-refractivity contribution in [3.05, 3.63) is 174 Å². The topological polar surface area (TPSA) is 98.9 Å². The van der Waals surface area contributed by atoms with E-state index in [4.69, 9.17) is 15.2 Å². The second-order valence-corrected chi connectivity index (χ2v) is 18.7. The summed E-state index contributed by atoms with van der Waals surface area (Å²) in [6.45, 7) is 5.31. The predicted octanol–water partition coefficient (Wildman–Crippen LogP) is 3.73. The molecule has 1 unspecified atom stereocenters. The lowest BCUT2D eigenvalue weighted by Crippen LogP contribution is -3.00. The van der Waals surface area contributed by atoms with Gasteiger partial charge in [-0.15, -0.1) is 11.8 Å². The summed E-state index contributed by atoms with van der Waals surface area (Å²) in [7, 11) is -2.78. The van der Waals surface area contributed by atoms with Crippen molar-refractivity contribution in [3.63, 3.8) is 0 Å². The first-order valence-electron chi connectivity index (χ1n) is 17.6. The summed E-state index contributed by atoms with van der Waals surface area (Å²) in [4.78, 5) is 44.1. The number of β-lactam (4-membered cyclic amide) rings is 1. The minimum absolute atomic E-state index is 0. The Hall–Kier alpha value is -4.28. The maximum Gasteiger partial charge on any atom is 0.356 e. The van der Waals surface area contributed by atoms with Gasteiger partial charge in [-0.25, -0.2) is 4.79 Å². The number of carbonyl (C=O) groups excluding carboxylic acids is 3. The molecule has 2 aliphatic rings. The van der Waals surface area contributed by atoms with Gasteiger partial charge < -0.3 is 33.5 Å². The van der Waals surface area contributed by atoms with Gasteiger partial charge in [-0.3, -0.25) is 20.2 Å². The zero-order chi connectivity index (χ0) is 37.2. The van der Waals surface area contributed by atoms with Crippen LogP contribution in [0.4, 0.5) is 0 Å². The van der Waals surface area contributed by atoms with Crippen LogP contribution in [0.25, 0.3) is 0 Å². The molecule has 0 aromatic heterocycles. The Bertz CT molecular complexity index is 1980. The van der Waals surface area contributed by atoms with Crippen LogP contribution in [0.2, 0.25) is 0 Å². The molecule has 0 saturated carbocycles. The molecular formula is C44H42IN2O5PS. The Balaban J connectivity index is 0.00000497. The third kappa shape index (κ3) is 7.52. The molecule has 276 valence electrons. The Morgan fingerprint density at radius 1 is 0.722 bits per heavy atom. The van der Waals surface area contributed by atoms with Gasteiger partial charge in [-0.05, 0) is 68.3 Å². The number of carbonyl (C=O) groups is 3. The molecule has 0 spiro atoms. The van der Waals surface area contributed by atoms with Gasteiger partial charge in [-0.1, -0.05) is 115 Å². The molecule has 54 heavy (non-hydrogen) atoms. The van der Waals surface area contributed by atoms with Gasteiger partial charge in [0.15, 0.2) is 17.8 Å². The molecule has 1 amide bonds. The maximum atomic E-state index is 15.0. The number of rotatable bonds is 10. The lowest BCUT2D eigenvalue weighted by Gasteiger charge is -2.50. The van der Waals surface area contributed by atoms with Crippen molar-refractivity contribution < 1.29 is 47.8 Å². The van der Waals surface area contributed by atoms with E-state index in [1.54, 1.807) is 20.8 Å². The molecule has 2 heterocycles. The number of nitrogens with zero attached hydrogens (tertiary/aromatic N) is 1. The van der Waals surface area contributed by atoms with Crippen LogP contribution in [0.5, 0.6) is 0 Å². The number of hydrogen-bond donors (Lipinski definition) is 1. The largest absolute Gasteiger partial charge is 1.00 e. The number of benzene rings is 5. The number of halogens is 1. The smallest absolute Gasteiger partial charge is 0.356 e. The molecule has 5 aromatic carbocycles. The summed E-state index contributed by atoms with van der Waals surface area (Å²) in [5, 5.41) is 2.45. The lowest BCUT2D eigenvalue weighted by atomic mass is 9.95. The summed E-state index contributed by atoms with van der Waals surface area (Å²) in [5.74, 6) is -3.30. The molecule has 7 rings (SSSR count). The highest BCUT2D eigenvalue weighted by atomic mass is 127. The molecular weight excluding hydrogens is 826 g/mol. The quantitative estimate of drug-likeness (QED) is 0.0752. The van der Waals surface area contributed by atoms with Crippen LogP contribution in [-0.4, -0.2) is 45.3 Å². The molecule has 10 heteroatoms. The second kappa shape index (κ2) is 16.6. The fraction of sp³-hybridized carbons (Fsp3) is 0.205. The average molecular weight is 869 g/mol. The Kier molecular flexibility index (Phi) is 12.1. The minimum atomic E-state index is -2.78. The maximum absolute atomic E-state index is 15.0. The van der Waals surface area contributed by atoms with E-state index in [-0.39, 0.29) is 29.7 Å². The normalized spacial score (nSPS) is 17.5. The number of thioether (sulfide) groups is 1. The van der Waals surface area contributed by atoms with Crippen LogP contribution in [0.1, 0.15) is 38.0 Å². The van der Waals surface area contributed by atoms with Crippen molar-refractivity contribution in [3.8, 4) is 0 Å². The van der Waals surface area contributed by atoms with E-state index in [0.29, 0.717) is 11.3 Å². The van der Waals surface area contributed by atoms with E-state index >= 15 is 4.79 Å². The zero-order valence-corrected chi connectivity index (χ0v) is 34.1. The third-order valence-corrected chi connectivity index (χ3v) is 15.3. The van der Waals surface area contributed by atoms with Gasteiger partial charge >= 0.3 is 11.9 Å². The zero-order valence-electron chi connectivity index (χ0n) is 30.2. The monoisotopic (exact) mass is 868 g/mol. The summed E-state index contributed by atoms with van der Waals surface area (Å²) in [6.07, 6.45) is -0.766. The molecule has 7 nitrogen and oxygen atoms in total. The molecule has 0 bridgehead atoms. The van der Waals surface area contributed by atoms with Crippen molar-refractivity contribution in [2.75, 3.05) is 5.75 Å². The lowest BCUT2D eigenvalue weighted by molar-refractivity contribution is -0.175. The molecule has 5 aromatic rings. The predicted molar refractivity (Wildman–Crippen MR) is 213 cm³/mol. The highest BCUT2D eigenvalue weighted by Crippen LogP contribution is 2.62. The molecule has 0 aliphatic carbocycles. The highest BCUT2D eigenvalue weighted by molar-refractivity contribution is 8.00. The molecule has 1 saturated heterocycles. The number of nitrogens with two attached hydrogens (primary N) is 1. The van der Waals surface area contributed by atoms with E-state index in [9.17, 15) is 9.59 Å². The number of ether oxygens (including phenoxy) is 2. The van der Waals surface area contributed by atoms with Crippen LogP contribution in [0.15, 0.2) is 163 Å². The van der Waals surface area contributed by atoms with E-state index in [0.717, 1.165) is 27.0 Å². The second-order valence-electron chi connectivity index (χ2n) is 14.1. The van der Waals surface area contributed by atoms with Crippen LogP contribution in [-0.2, 0) is 23.9 Å². The standard InChI is InChI=1S/C44H42N2O5PS.HI/c1-44(2,3)51-42(48)36-40(47)46-37(43(49)50-38(30-19-9-4-10-20-30)31-21-11-5-12-22-31)35(29-53-41(36)46)39(45)52(32-23-13-6-14-24-32,33-25-15-7-16-26-33)34-27-17-8-18-28-34;/h4-28,36,38-39,41H,29,45H2,1-3H3;1H/q+1;/p-1/t36-,39?,41+;/m0./s1. The third-order valence-electron chi connectivity index (χ3n) is 9.55. The summed E-state index contributed by atoms with van der Waals surface area (Å²) in [5.41, 5.74) is 9.16. The number of amides is 1. The molecule has 1 fully saturated rings. The van der Waals surface area contributed by atoms with Crippen molar-refractivity contribution in [1.82, 2.24) is 4.90 Å². The summed E-state index contributed by atoms with van der Waals surface area (Å²) >= 11 is 1.43. The van der Waals surface area contributed by atoms with Crippen molar-refractivity contribution in [2.24, 2.45) is 11.7 Å². The van der Waals surface area contributed by atoms with Gasteiger partial charge in [0.1, 0.15) is 39.8 Å². The van der Waals surface area contributed by atoms with Crippen LogP contribution in [0, 0.1) is 5.92 Å². The van der Waals surface area contributed by atoms with E-state index in [1.807, 2.05) is 115 Å². The molecule has 3 atom stereocenters. The van der Waals surface area contributed by atoms with Crippen molar-refractivity contribution in [1.29, 1.82) is 0 Å². The van der Waals surface area contributed by atoms with Crippen LogP contribution >= 0.6 is 19.0 Å². The summed E-state index contributed by atoms with van der Waals surface area (Å²) < 4.78 is 12.2. The molecule has 2 aliphatic heterocycles. The fourth-order valence-electron chi connectivity index (χ4n) is 7.21. The molecule has 0 radical (unpaired) electrons. The Morgan fingerprint density at radius 2 is 1.13 bits per heavy atom. The highest BCUT2D eigenvalue weighted by Gasteiger charge is 2.61. The first kappa shape index (κ1) is 39.4. The van der Waals surface area contributed by atoms with Crippen molar-refractivity contribution in [2.45, 2.75) is 43.6 Å². The van der Waals surface area contributed by atoms with Gasteiger partial charge in [0.05, 0.1) is 0 Å². The Labute approximate surface area is 338 Å². The van der Waals surface area contributed by atoms with E-state index in [2.05, 4.69) is 36.4 Å². The van der Waals surface area contributed by atoms with Gasteiger partial charge in [0.2, 0.25) is 5.91 Å². The van der Waals surface area contributed by atoms with Crippen molar-refractivity contribution >= 4 is 52.8 Å². The SMILES string of the molecule is CC(C)(C)OC(=O)[C@H]1C(=O)N2C(C(=O)OC(c3ccccc3)c3ccccc3)=C(C(N)[P+](c3ccccc3)(c3ccccc3)c3ccccc3)CS[C@H]12.[I-]. The fourth-order valence-corrected chi connectivity index (χ4v) is 13.2. The number of esters is 2. The number of fused-ring (bicyclic) bond motifs is 1. The first-order valence-corrected chi connectivity index (χ1v) is 20.5. The average Bonchev–Trinajstić information content (AvgIpc) is 3.17. The van der Waals surface area contributed by atoms with E-state index < -0.39 is 53.9 Å². The van der Waals surface area contributed by atoms with E-state index in [1.165, 1.54) is 16.7 Å². The van der Waals surface area contributed by atoms with Gasteiger partial charge in [0.25, 0.3) is 0 Å².